The van der Waals surface area contributed by atoms with E-state index < -0.39 is 40.4 Å². The number of rotatable bonds is 4. The zero-order valence-corrected chi connectivity index (χ0v) is 19.8. The number of pyridine rings is 2. The molecule has 0 spiro atoms. The fraction of sp³-hybridized carbons (Fsp3) is 0.292. The van der Waals surface area contributed by atoms with Crippen LogP contribution in [0.2, 0.25) is 5.15 Å². The summed E-state index contributed by atoms with van der Waals surface area (Å²) in [7, 11) is 1.36. The summed E-state index contributed by atoms with van der Waals surface area (Å²) in [4.78, 5) is 22.9. The lowest BCUT2D eigenvalue weighted by molar-refractivity contribution is -0.143. The molecule has 0 fully saturated rings. The van der Waals surface area contributed by atoms with Gasteiger partial charge in [-0.3, -0.25) is 9.78 Å². The lowest BCUT2D eigenvalue weighted by Crippen LogP contribution is -2.42. The van der Waals surface area contributed by atoms with Crippen molar-refractivity contribution in [3.05, 3.63) is 76.3 Å². The fourth-order valence-corrected chi connectivity index (χ4v) is 3.80. The minimum absolute atomic E-state index is 0.0279. The van der Waals surface area contributed by atoms with Gasteiger partial charge in [0.1, 0.15) is 5.15 Å². The van der Waals surface area contributed by atoms with E-state index in [0.29, 0.717) is 29.0 Å². The number of aryl methyl sites for hydroxylation is 1. The van der Waals surface area contributed by atoms with Crippen LogP contribution in [-0.2, 0) is 22.6 Å². The minimum Gasteiger partial charge on any atom is -0.313 e. The van der Waals surface area contributed by atoms with Crippen LogP contribution in [0.1, 0.15) is 36.2 Å². The lowest BCUT2D eigenvalue weighted by atomic mass is 9.81. The third kappa shape index (κ3) is 5.42. The summed E-state index contributed by atoms with van der Waals surface area (Å²) in [5, 5.41) is 0.125. The van der Waals surface area contributed by atoms with E-state index in [0.717, 1.165) is 4.90 Å². The van der Waals surface area contributed by atoms with Gasteiger partial charge in [0.05, 0.1) is 28.4 Å². The smallest absolute Gasteiger partial charge is 0.313 e. The van der Waals surface area contributed by atoms with Gasteiger partial charge in [0.15, 0.2) is 0 Å². The number of aromatic nitrogens is 2. The van der Waals surface area contributed by atoms with Crippen molar-refractivity contribution in [1.29, 1.82) is 0 Å². The number of hydrogen-bond acceptors (Lipinski definition) is 3. The number of hydrogen-bond donors (Lipinski definition) is 0. The number of likely N-dealkylation sites (N-methyl/N-ethyl adjacent to an activating group) is 1. The van der Waals surface area contributed by atoms with Crippen molar-refractivity contribution in [2.24, 2.45) is 0 Å². The Kier molecular flexibility index (Phi) is 6.91. The fourth-order valence-electron chi connectivity index (χ4n) is 3.64. The molecule has 11 heteroatoms. The minimum atomic E-state index is -5.04. The molecule has 3 rings (SSSR count). The molecule has 1 amide bonds. The van der Waals surface area contributed by atoms with Crippen LogP contribution in [0.4, 0.5) is 32.0 Å². The van der Waals surface area contributed by atoms with Gasteiger partial charge in [-0.15, -0.1) is 0 Å². The van der Waals surface area contributed by atoms with Crippen LogP contribution in [0.5, 0.6) is 0 Å². The molecule has 1 aromatic carbocycles. The van der Waals surface area contributed by atoms with Crippen LogP contribution in [0, 0.1) is 6.92 Å². The number of halogens is 7. The normalized spacial score (nSPS) is 12.5. The standard InChI is InChI=1S/C24H20ClF6N3O/c1-13-17(6-5-7-32-13)18-11-20(25)33-12-19(18)34(4)21(35)22(2,3)14-8-15(23(26,27)28)10-16(9-14)24(29,30)31/h5-12H,1-4H3. The third-order valence-corrected chi connectivity index (χ3v) is 5.86. The van der Waals surface area contributed by atoms with Crippen molar-refractivity contribution in [3.8, 4) is 11.1 Å². The first kappa shape index (κ1) is 26.5. The Morgan fingerprint density at radius 2 is 1.43 bits per heavy atom. The first-order valence-electron chi connectivity index (χ1n) is 10.2. The average molecular weight is 516 g/mol. The summed E-state index contributed by atoms with van der Waals surface area (Å²) in [6.45, 7) is 4.26. The van der Waals surface area contributed by atoms with Crippen LogP contribution in [0.3, 0.4) is 0 Å². The first-order chi connectivity index (χ1) is 16.0. The van der Waals surface area contributed by atoms with Gasteiger partial charge < -0.3 is 4.90 Å². The Morgan fingerprint density at radius 1 is 0.886 bits per heavy atom. The second kappa shape index (κ2) is 9.14. The quantitative estimate of drug-likeness (QED) is 0.275. The number of carbonyl (C=O) groups is 1. The summed E-state index contributed by atoms with van der Waals surface area (Å²) in [6, 6.07) is 6.07. The monoisotopic (exact) mass is 515 g/mol. The molecule has 3 aromatic rings. The molecule has 35 heavy (non-hydrogen) atoms. The first-order valence-corrected chi connectivity index (χ1v) is 10.6. The largest absolute Gasteiger partial charge is 0.416 e. The Morgan fingerprint density at radius 3 is 1.94 bits per heavy atom. The maximum Gasteiger partial charge on any atom is 0.416 e. The van der Waals surface area contributed by atoms with Crippen molar-refractivity contribution in [2.45, 2.75) is 38.5 Å². The number of carbonyl (C=O) groups excluding carboxylic acids is 1. The number of nitrogens with zero attached hydrogens (tertiary/aromatic N) is 3. The molecule has 0 saturated carbocycles. The van der Waals surface area contributed by atoms with Crippen LogP contribution in [-0.4, -0.2) is 22.9 Å². The van der Waals surface area contributed by atoms with Gasteiger partial charge in [0.2, 0.25) is 5.91 Å². The molecular weight excluding hydrogens is 496 g/mol. The van der Waals surface area contributed by atoms with Gasteiger partial charge >= 0.3 is 12.4 Å². The maximum atomic E-state index is 13.5. The van der Waals surface area contributed by atoms with Gasteiger partial charge in [-0.05, 0) is 56.7 Å². The molecule has 0 atom stereocenters. The summed E-state index contributed by atoms with van der Waals surface area (Å²) in [5.41, 5.74) is -3.22. The molecule has 0 N–H and O–H groups in total. The predicted octanol–water partition coefficient (Wildman–Crippen LogP) is 7.08. The number of amides is 1. The molecule has 186 valence electrons. The van der Waals surface area contributed by atoms with E-state index in [1.807, 2.05) is 0 Å². The second-order valence-electron chi connectivity index (χ2n) is 8.44. The molecule has 0 bridgehead atoms. The van der Waals surface area contributed by atoms with Crippen molar-refractivity contribution in [2.75, 3.05) is 11.9 Å². The molecule has 0 radical (unpaired) electrons. The van der Waals surface area contributed by atoms with E-state index in [9.17, 15) is 31.1 Å². The van der Waals surface area contributed by atoms with Crippen molar-refractivity contribution < 1.29 is 31.1 Å². The molecule has 0 aliphatic carbocycles. The van der Waals surface area contributed by atoms with Crippen molar-refractivity contribution >= 4 is 23.2 Å². The highest BCUT2D eigenvalue weighted by Crippen LogP contribution is 2.40. The molecule has 0 saturated heterocycles. The summed E-state index contributed by atoms with van der Waals surface area (Å²) < 4.78 is 80.3. The van der Waals surface area contributed by atoms with Crippen molar-refractivity contribution in [1.82, 2.24) is 9.97 Å². The molecule has 2 heterocycles. The van der Waals surface area contributed by atoms with E-state index in [-0.39, 0.29) is 16.9 Å². The molecule has 0 aliphatic rings. The molecule has 0 aliphatic heterocycles. The van der Waals surface area contributed by atoms with Gasteiger partial charge in [-0.1, -0.05) is 17.7 Å². The van der Waals surface area contributed by atoms with E-state index >= 15 is 0 Å². The van der Waals surface area contributed by atoms with Gasteiger partial charge in [0.25, 0.3) is 0 Å². The number of alkyl halides is 6. The van der Waals surface area contributed by atoms with Crippen LogP contribution >= 0.6 is 11.6 Å². The molecule has 4 nitrogen and oxygen atoms in total. The Hall–Kier alpha value is -3.14. The van der Waals surface area contributed by atoms with E-state index in [2.05, 4.69) is 9.97 Å². The third-order valence-electron chi connectivity index (χ3n) is 5.66. The van der Waals surface area contributed by atoms with Gasteiger partial charge in [-0.2, -0.15) is 26.3 Å². The number of anilines is 1. The van der Waals surface area contributed by atoms with Crippen LogP contribution < -0.4 is 4.90 Å². The Bertz CT molecular complexity index is 1240. The Labute approximate surface area is 202 Å². The Balaban J connectivity index is 2.13. The number of benzene rings is 1. The average Bonchev–Trinajstić information content (AvgIpc) is 2.77. The van der Waals surface area contributed by atoms with Crippen LogP contribution in [0.25, 0.3) is 11.1 Å². The maximum absolute atomic E-state index is 13.5. The summed E-state index contributed by atoms with van der Waals surface area (Å²) >= 11 is 6.06. The van der Waals surface area contributed by atoms with Gasteiger partial charge in [-0.25, -0.2) is 4.98 Å². The molecule has 0 unspecified atom stereocenters. The van der Waals surface area contributed by atoms with E-state index in [1.165, 1.54) is 33.2 Å². The van der Waals surface area contributed by atoms with Crippen molar-refractivity contribution in [3.63, 3.8) is 0 Å². The SMILES string of the molecule is Cc1ncccc1-c1cc(Cl)ncc1N(C)C(=O)C(C)(C)c1cc(C(F)(F)F)cc(C(F)(F)F)c1. The lowest BCUT2D eigenvalue weighted by Gasteiger charge is -2.32. The summed E-state index contributed by atoms with van der Waals surface area (Å²) in [5.74, 6) is -0.753. The second-order valence-corrected chi connectivity index (χ2v) is 8.83. The predicted molar refractivity (Wildman–Crippen MR) is 120 cm³/mol. The highest BCUT2D eigenvalue weighted by atomic mass is 35.5. The highest BCUT2D eigenvalue weighted by Gasteiger charge is 2.41. The molecular formula is C24H20ClF6N3O. The van der Waals surface area contributed by atoms with E-state index in [1.54, 1.807) is 25.3 Å². The topological polar surface area (TPSA) is 46.1 Å². The molecule has 2 aromatic heterocycles. The highest BCUT2D eigenvalue weighted by molar-refractivity contribution is 6.29. The van der Waals surface area contributed by atoms with E-state index in [4.69, 9.17) is 11.6 Å². The van der Waals surface area contributed by atoms with Crippen LogP contribution in [0.15, 0.2) is 48.8 Å². The van der Waals surface area contributed by atoms with Gasteiger partial charge in [0, 0.05) is 30.1 Å². The zero-order valence-electron chi connectivity index (χ0n) is 19.0. The summed E-state index contributed by atoms with van der Waals surface area (Å²) in [6.07, 6.45) is -7.19. The zero-order chi connectivity index (χ0) is 26.3.